The van der Waals surface area contributed by atoms with E-state index in [1.807, 2.05) is 0 Å². The molecule has 8 nitrogen and oxygen atoms in total. The maximum absolute atomic E-state index is 13.0. The third kappa shape index (κ3) is 3.41. The zero-order chi connectivity index (χ0) is 20.5. The number of benzene rings is 1. The second kappa shape index (κ2) is 7.93. The zero-order valence-electron chi connectivity index (χ0n) is 16.7. The first-order valence-electron chi connectivity index (χ1n) is 10.1. The number of esters is 1. The molecule has 1 saturated carbocycles. The maximum atomic E-state index is 13.0. The van der Waals surface area contributed by atoms with Crippen LogP contribution in [0.5, 0.6) is 11.5 Å². The molecular formula is C21H26N2O6. The van der Waals surface area contributed by atoms with Crippen molar-refractivity contribution >= 4 is 17.8 Å². The van der Waals surface area contributed by atoms with E-state index in [1.54, 1.807) is 12.1 Å². The van der Waals surface area contributed by atoms with Gasteiger partial charge in [0.2, 0.25) is 18.0 Å². The van der Waals surface area contributed by atoms with Crippen LogP contribution in [0.3, 0.4) is 0 Å². The number of amides is 2. The van der Waals surface area contributed by atoms with Gasteiger partial charge in [0, 0.05) is 18.0 Å². The molecule has 0 spiro atoms. The summed E-state index contributed by atoms with van der Waals surface area (Å²) in [5, 5.41) is 3.09. The molecule has 156 valence electrons. The fraction of sp³-hybridized carbons (Fsp3) is 0.571. The number of nitrogens with one attached hydrogen (secondary N) is 1. The number of rotatable bonds is 5. The van der Waals surface area contributed by atoms with E-state index in [2.05, 4.69) is 5.32 Å². The van der Waals surface area contributed by atoms with Gasteiger partial charge in [-0.25, -0.2) is 4.79 Å². The van der Waals surface area contributed by atoms with E-state index in [1.165, 1.54) is 25.5 Å². The van der Waals surface area contributed by atoms with Crippen LogP contribution in [0.1, 0.15) is 67.1 Å². The minimum atomic E-state index is -0.936. The lowest BCUT2D eigenvalue weighted by Gasteiger charge is -2.31. The number of likely N-dealkylation sites (tertiary alicyclic amines) is 1. The van der Waals surface area contributed by atoms with Gasteiger partial charge in [0.1, 0.15) is 11.6 Å². The molecule has 2 aliphatic heterocycles. The number of ether oxygens (including phenoxy) is 3. The quantitative estimate of drug-likeness (QED) is 0.760. The van der Waals surface area contributed by atoms with E-state index in [4.69, 9.17) is 14.2 Å². The molecule has 1 aromatic rings. The lowest BCUT2D eigenvalue weighted by molar-refractivity contribution is -0.146. The van der Waals surface area contributed by atoms with Crippen molar-refractivity contribution in [3.8, 4) is 11.5 Å². The first-order chi connectivity index (χ1) is 14.0. The first-order valence-corrected chi connectivity index (χ1v) is 10.1. The van der Waals surface area contributed by atoms with Crippen molar-refractivity contribution in [3.63, 3.8) is 0 Å². The Labute approximate surface area is 169 Å². The van der Waals surface area contributed by atoms with Gasteiger partial charge in [0.15, 0.2) is 11.5 Å². The van der Waals surface area contributed by atoms with Crippen LogP contribution in [0.4, 0.5) is 0 Å². The largest absolute Gasteiger partial charge is 0.493 e. The van der Waals surface area contributed by atoms with Crippen LogP contribution in [-0.2, 0) is 14.3 Å². The molecule has 2 heterocycles. The smallest absolute Gasteiger partial charge is 0.344 e. The van der Waals surface area contributed by atoms with Crippen LogP contribution >= 0.6 is 0 Å². The van der Waals surface area contributed by atoms with Gasteiger partial charge < -0.3 is 19.5 Å². The van der Waals surface area contributed by atoms with E-state index >= 15 is 0 Å². The molecule has 29 heavy (non-hydrogen) atoms. The van der Waals surface area contributed by atoms with Gasteiger partial charge in [-0.2, -0.15) is 0 Å². The molecule has 1 aliphatic carbocycles. The molecule has 2 atom stereocenters. The number of carbonyl (C=O) groups excluding carboxylic acids is 3. The number of fused-ring (bicyclic) bond motifs is 1. The maximum Gasteiger partial charge on any atom is 0.344 e. The second-order valence-electron chi connectivity index (χ2n) is 7.72. The van der Waals surface area contributed by atoms with E-state index in [9.17, 15) is 14.4 Å². The van der Waals surface area contributed by atoms with Gasteiger partial charge >= 0.3 is 5.97 Å². The summed E-state index contributed by atoms with van der Waals surface area (Å²) in [6, 6.07) is 2.86. The number of carbonyl (C=O) groups is 3. The Morgan fingerprint density at radius 3 is 2.55 bits per heavy atom. The van der Waals surface area contributed by atoms with Gasteiger partial charge in [0.05, 0.1) is 14.2 Å². The van der Waals surface area contributed by atoms with Crippen molar-refractivity contribution in [2.24, 2.45) is 0 Å². The highest BCUT2D eigenvalue weighted by atomic mass is 16.6. The minimum Gasteiger partial charge on any atom is -0.493 e. The van der Waals surface area contributed by atoms with E-state index in [0.29, 0.717) is 17.7 Å². The highest BCUT2D eigenvalue weighted by Crippen LogP contribution is 2.45. The third-order valence-corrected chi connectivity index (χ3v) is 6.03. The van der Waals surface area contributed by atoms with Crippen molar-refractivity contribution in [2.75, 3.05) is 14.2 Å². The predicted molar refractivity (Wildman–Crippen MR) is 103 cm³/mol. The third-order valence-electron chi connectivity index (χ3n) is 6.03. The van der Waals surface area contributed by atoms with E-state index in [-0.39, 0.29) is 35.6 Å². The van der Waals surface area contributed by atoms with Crippen molar-refractivity contribution in [3.05, 3.63) is 23.3 Å². The summed E-state index contributed by atoms with van der Waals surface area (Å²) < 4.78 is 16.2. The Balaban J connectivity index is 1.61. The second-order valence-corrected chi connectivity index (χ2v) is 7.72. The standard InChI is InChI=1S/C21H26N2O6/c1-27-15-10-8-13-17(18(15)28-2)21(26)29-20(13)23-14(9-11-16(23)24)19(25)22-12-6-4-3-5-7-12/h8,10,12,14,20H,3-7,9,11H2,1-2H3,(H,22,25)/t14-,20-/m0/s1. The monoisotopic (exact) mass is 402 g/mol. The predicted octanol–water partition coefficient (Wildman–Crippen LogP) is 2.31. The Kier molecular flexibility index (Phi) is 5.34. The zero-order valence-corrected chi connectivity index (χ0v) is 16.7. The number of nitrogens with zero attached hydrogens (tertiary/aromatic N) is 1. The van der Waals surface area contributed by atoms with Gasteiger partial charge in [0.25, 0.3) is 0 Å². The summed E-state index contributed by atoms with van der Waals surface area (Å²) >= 11 is 0. The Bertz CT molecular complexity index is 833. The van der Waals surface area contributed by atoms with E-state index in [0.717, 1.165) is 25.7 Å². The molecule has 2 amide bonds. The molecular weight excluding hydrogens is 376 g/mol. The number of cyclic esters (lactones) is 1. The summed E-state index contributed by atoms with van der Waals surface area (Å²) in [5.74, 6) is -0.288. The van der Waals surface area contributed by atoms with Gasteiger partial charge in [-0.15, -0.1) is 0 Å². The molecule has 1 aromatic carbocycles. The molecule has 1 saturated heterocycles. The van der Waals surface area contributed by atoms with Crippen LogP contribution in [0.25, 0.3) is 0 Å². The highest BCUT2D eigenvalue weighted by Gasteiger charge is 2.48. The Hall–Kier alpha value is -2.77. The topological polar surface area (TPSA) is 94.2 Å². The van der Waals surface area contributed by atoms with Crippen molar-refractivity contribution in [1.82, 2.24) is 10.2 Å². The van der Waals surface area contributed by atoms with Crippen LogP contribution in [0.2, 0.25) is 0 Å². The Morgan fingerprint density at radius 2 is 1.86 bits per heavy atom. The van der Waals surface area contributed by atoms with E-state index < -0.39 is 18.2 Å². The summed E-state index contributed by atoms with van der Waals surface area (Å²) in [6.45, 7) is 0. The molecule has 0 aromatic heterocycles. The fourth-order valence-electron chi connectivity index (χ4n) is 4.59. The van der Waals surface area contributed by atoms with Crippen molar-refractivity contribution in [1.29, 1.82) is 0 Å². The average Bonchev–Trinajstić information content (AvgIpc) is 3.27. The van der Waals surface area contributed by atoms with Crippen LogP contribution in [-0.4, -0.2) is 49.0 Å². The molecule has 0 unspecified atom stereocenters. The van der Waals surface area contributed by atoms with Gasteiger partial charge in [-0.1, -0.05) is 19.3 Å². The highest BCUT2D eigenvalue weighted by molar-refractivity contribution is 5.99. The van der Waals surface area contributed by atoms with Crippen molar-refractivity contribution < 1.29 is 28.6 Å². The molecule has 4 rings (SSSR count). The van der Waals surface area contributed by atoms with Gasteiger partial charge in [-0.3, -0.25) is 14.5 Å². The van der Waals surface area contributed by atoms with Crippen LogP contribution < -0.4 is 14.8 Å². The van der Waals surface area contributed by atoms with Crippen LogP contribution in [0, 0.1) is 0 Å². The first kappa shape index (κ1) is 19.5. The Morgan fingerprint density at radius 1 is 1.10 bits per heavy atom. The molecule has 0 bridgehead atoms. The SMILES string of the molecule is COc1ccc2c(c1OC)C(=O)O[C@@H]2N1C(=O)CC[C@H]1C(=O)NC1CCCCC1. The summed E-state index contributed by atoms with van der Waals surface area (Å²) in [5.41, 5.74) is 0.751. The summed E-state index contributed by atoms with van der Waals surface area (Å²) in [6.07, 6.45) is 5.05. The van der Waals surface area contributed by atoms with Crippen molar-refractivity contribution in [2.45, 2.75) is 63.3 Å². The molecule has 0 radical (unpaired) electrons. The summed E-state index contributed by atoms with van der Waals surface area (Å²) in [4.78, 5) is 39.6. The average molecular weight is 402 g/mol. The molecule has 2 fully saturated rings. The van der Waals surface area contributed by atoms with Crippen LogP contribution in [0.15, 0.2) is 12.1 Å². The lowest BCUT2D eigenvalue weighted by Crippen LogP contribution is -2.49. The summed E-state index contributed by atoms with van der Waals surface area (Å²) in [7, 11) is 2.93. The normalized spacial score (nSPS) is 24.3. The van der Waals surface area contributed by atoms with Gasteiger partial charge in [-0.05, 0) is 31.4 Å². The molecule has 8 heteroatoms. The number of methoxy groups -OCH3 is 2. The number of hydrogen-bond acceptors (Lipinski definition) is 6. The fourth-order valence-corrected chi connectivity index (χ4v) is 4.59. The minimum absolute atomic E-state index is 0.150. The molecule has 1 N–H and O–H groups in total. The number of hydrogen-bond donors (Lipinski definition) is 1. The molecule has 3 aliphatic rings. The lowest BCUT2D eigenvalue weighted by atomic mass is 9.95.